The lowest BCUT2D eigenvalue weighted by atomic mass is 9.95. The molecule has 9 nitrogen and oxygen atoms in total. The van der Waals surface area contributed by atoms with Gasteiger partial charge in [0.15, 0.2) is 0 Å². The predicted octanol–water partition coefficient (Wildman–Crippen LogP) is 1.08. The quantitative estimate of drug-likeness (QED) is 0.799. The van der Waals surface area contributed by atoms with Crippen LogP contribution in [-0.2, 0) is 21.4 Å². The van der Waals surface area contributed by atoms with Gasteiger partial charge in [-0.15, -0.1) is 0 Å². The zero-order chi connectivity index (χ0) is 19.2. The topological polar surface area (TPSA) is 88.9 Å². The number of hydrogen-bond acceptors (Lipinski definition) is 5. The smallest absolute Gasteiger partial charge is 0.341 e. The number of carbonyl (C=O) groups excluding carboxylic acids is 2. The van der Waals surface area contributed by atoms with Gasteiger partial charge in [-0.25, -0.2) is 9.86 Å². The Balaban J connectivity index is 1.66. The summed E-state index contributed by atoms with van der Waals surface area (Å²) in [4.78, 5) is 32.4. The molecule has 1 N–H and O–H groups in total. The van der Waals surface area contributed by atoms with Crippen LogP contribution < -0.4 is 5.32 Å². The van der Waals surface area contributed by atoms with E-state index in [4.69, 9.17) is 9.57 Å². The van der Waals surface area contributed by atoms with Crippen LogP contribution in [0, 0.1) is 5.92 Å². The number of carbonyl (C=O) groups is 2. The van der Waals surface area contributed by atoms with E-state index in [0.29, 0.717) is 39.3 Å². The molecule has 2 aliphatic heterocycles. The van der Waals surface area contributed by atoms with E-state index >= 15 is 0 Å². The Bertz CT molecular complexity index is 641. The largest absolute Gasteiger partial charge is 0.383 e. The second kappa shape index (κ2) is 9.18. The lowest BCUT2D eigenvalue weighted by Crippen LogP contribution is -2.42. The van der Waals surface area contributed by atoms with Crippen LogP contribution in [-0.4, -0.2) is 71.6 Å². The van der Waals surface area contributed by atoms with Crippen molar-refractivity contribution >= 4 is 11.9 Å². The molecule has 0 bridgehead atoms. The first-order chi connectivity index (χ1) is 13.1. The first-order valence-corrected chi connectivity index (χ1v) is 9.55. The number of aryl methyl sites for hydroxylation is 1. The molecule has 2 atom stereocenters. The Hall–Kier alpha value is -2.13. The minimum absolute atomic E-state index is 0.0190. The van der Waals surface area contributed by atoms with Crippen molar-refractivity contribution < 1.29 is 19.2 Å². The fourth-order valence-electron chi connectivity index (χ4n) is 3.79. The van der Waals surface area contributed by atoms with Gasteiger partial charge in [0.05, 0.1) is 32.0 Å². The maximum absolute atomic E-state index is 12.6. The Morgan fingerprint density at radius 3 is 3.00 bits per heavy atom. The van der Waals surface area contributed by atoms with Gasteiger partial charge in [0.25, 0.3) is 0 Å². The highest BCUT2D eigenvalue weighted by molar-refractivity contribution is 5.80. The van der Waals surface area contributed by atoms with Crippen molar-refractivity contribution in [2.45, 2.75) is 31.7 Å². The summed E-state index contributed by atoms with van der Waals surface area (Å²) in [5.74, 6) is 0.0562. The second-order valence-electron chi connectivity index (χ2n) is 7.12. The van der Waals surface area contributed by atoms with Gasteiger partial charge in [-0.1, -0.05) is 0 Å². The van der Waals surface area contributed by atoms with E-state index in [2.05, 4.69) is 10.4 Å². The highest BCUT2D eigenvalue weighted by atomic mass is 16.7. The normalized spacial score (nSPS) is 23.6. The van der Waals surface area contributed by atoms with Gasteiger partial charge >= 0.3 is 6.03 Å². The van der Waals surface area contributed by atoms with Crippen molar-refractivity contribution in [2.24, 2.45) is 13.0 Å². The van der Waals surface area contributed by atoms with Crippen molar-refractivity contribution in [3.05, 3.63) is 18.0 Å². The van der Waals surface area contributed by atoms with Crippen LogP contribution >= 0.6 is 0 Å². The summed E-state index contributed by atoms with van der Waals surface area (Å²) in [6, 6.07) is -0.351. The minimum Gasteiger partial charge on any atom is -0.383 e. The van der Waals surface area contributed by atoms with E-state index in [1.165, 1.54) is 5.06 Å². The van der Waals surface area contributed by atoms with Crippen molar-refractivity contribution in [1.82, 2.24) is 25.1 Å². The highest BCUT2D eigenvalue weighted by Crippen LogP contribution is 2.37. The maximum atomic E-state index is 12.6. The summed E-state index contributed by atoms with van der Waals surface area (Å²) in [6.07, 6.45) is 7.09. The Morgan fingerprint density at radius 2 is 2.26 bits per heavy atom. The van der Waals surface area contributed by atoms with E-state index in [-0.39, 0.29) is 23.9 Å². The Morgan fingerprint density at radius 1 is 1.41 bits per heavy atom. The molecule has 0 radical (unpaired) electrons. The molecule has 3 rings (SSSR count). The molecule has 27 heavy (non-hydrogen) atoms. The molecule has 1 aromatic heterocycles. The van der Waals surface area contributed by atoms with Gasteiger partial charge in [-0.05, 0) is 19.3 Å². The van der Waals surface area contributed by atoms with E-state index in [0.717, 1.165) is 24.8 Å². The van der Waals surface area contributed by atoms with Crippen molar-refractivity contribution in [3.63, 3.8) is 0 Å². The molecule has 3 heterocycles. The maximum Gasteiger partial charge on any atom is 0.341 e. The predicted molar refractivity (Wildman–Crippen MR) is 97.6 cm³/mol. The van der Waals surface area contributed by atoms with Crippen LogP contribution in [0.3, 0.4) is 0 Å². The summed E-state index contributed by atoms with van der Waals surface area (Å²) in [5.41, 5.74) is 0.977. The average Bonchev–Trinajstić information content (AvgIpc) is 3.08. The molecule has 3 amide bonds. The number of urea groups is 1. The molecule has 1 aromatic rings. The number of nitrogens with one attached hydrogen (secondary N) is 1. The van der Waals surface area contributed by atoms with Crippen LogP contribution in [0.2, 0.25) is 0 Å². The molecule has 2 fully saturated rings. The van der Waals surface area contributed by atoms with Gasteiger partial charge < -0.3 is 15.0 Å². The van der Waals surface area contributed by atoms with Gasteiger partial charge in [-0.2, -0.15) is 5.10 Å². The van der Waals surface area contributed by atoms with Crippen LogP contribution in [0.15, 0.2) is 12.4 Å². The molecule has 0 saturated carbocycles. The van der Waals surface area contributed by atoms with E-state index in [9.17, 15) is 9.59 Å². The summed E-state index contributed by atoms with van der Waals surface area (Å²) >= 11 is 0. The number of hydroxylamine groups is 2. The molecule has 0 spiro atoms. The monoisotopic (exact) mass is 379 g/mol. The fourth-order valence-corrected chi connectivity index (χ4v) is 3.79. The molecular weight excluding hydrogens is 350 g/mol. The number of nitrogens with zero attached hydrogens (tertiary/aromatic N) is 4. The van der Waals surface area contributed by atoms with Gasteiger partial charge in [0.2, 0.25) is 5.91 Å². The van der Waals surface area contributed by atoms with E-state index in [1.807, 2.05) is 18.1 Å². The summed E-state index contributed by atoms with van der Waals surface area (Å²) in [6.45, 7) is 2.57. The van der Waals surface area contributed by atoms with Crippen LogP contribution in [0.5, 0.6) is 0 Å². The lowest BCUT2D eigenvalue weighted by molar-refractivity contribution is -0.129. The molecule has 0 aliphatic carbocycles. The third-order valence-corrected chi connectivity index (χ3v) is 5.14. The van der Waals surface area contributed by atoms with Gasteiger partial charge in [0.1, 0.15) is 0 Å². The molecule has 0 aromatic carbocycles. The number of hydrogen-bond donors (Lipinski definition) is 1. The molecule has 2 aliphatic rings. The minimum atomic E-state index is -0.232. The molecule has 0 unspecified atom stereocenters. The van der Waals surface area contributed by atoms with Crippen molar-refractivity contribution in [3.8, 4) is 0 Å². The number of aromatic nitrogens is 2. The Labute approximate surface area is 159 Å². The van der Waals surface area contributed by atoms with E-state index < -0.39 is 0 Å². The fraction of sp³-hybridized carbons (Fsp3) is 0.722. The SMILES string of the molecule is COCCN1C(=O)C[C@H](CNC(=O)N2CCCCCO2)[C@H]1c1cnn(C)c1. The van der Waals surface area contributed by atoms with Gasteiger partial charge in [-0.3, -0.25) is 14.3 Å². The zero-order valence-electron chi connectivity index (χ0n) is 16.1. The van der Waals surface area contributed by atoms with Crippen LogP contribution in [0.1, 0.15) is 37.3 Å². The third-order valence-electron chi connectivity index (χ3n) is 5.14. The molecule has 2 saturated heterocycles. The second-order valence-corrected chi connectivity index (χ2v) is 7.12. The standard InChI is InChI=1S/C18H29N5O4/c1-21-13-15(12-20-21)17-14(10-16(24)22(17)7-9-26-2)11-19-18(25)23-6-4-3-5-8-27-23/h12-14,17H,3-11H2,1-2H3,(H,19,25)/t14-,17+/m1/s1. The zero-order valence-corrected chi connectivity index (χ0v) is 16.1. The Kier molecular flexibility index (Phi) is 6.68. The summed E-state index contributed by atoms with van der Waals surface area (Å²) in [5, 5.41) is 8.61. The van der Waals surface area contributed by atoms with Crippen LogP contribution in [0.25, 0.3) is 0 Å². The summed E-state index contributed by atoms with van der Waals surface area (Å²) in [7, 11) is 3.48. The lowest BCUT2D eigenvalue weighted by Gasteiger charge is -2.28. The van der Waals surface area contributed by atoms with Crippen molar-refractivity contribution in [1.29, 1.82) is 0 Å². The highest BCUT2D eigenvalue weighted by Gasteiger charge is 2.41. The number of amides is 3. The average molecular weight is 379 g/mol. The molecular formula is C18H29N5O4. The number of rotatable bonds is 6. The first-order valence-electron chi connectivity index (χ1n) is 9.55. The van der Waals surface area contributed by atoms with Crippen molar-refractivity contribution in [2.75, 3.05) is 40.0 Å². The molecule has 9 heteroatoms. The van der Waals surface area contributed by atoms with Gasteiger partial charge in [0, 0.05) is 51.3 Å². The van der Waals surface area contributed by atoms with Crippen LogP contribution in [0.4, 0.5) is 4.79 Å². The number of ether oxygens (including phenoxy) is 1. The number of likely N-dealkylation sites (tertiary alicyclic amines) is 1. The number of methoxy groups -OCH3 is 1. The van der Waals surface area contributed by atoms with E-state index in [1.54, 1.807) is 18.0 Å². The third kappa shape index (κ3) is 4.78. The first kappa shape index (κ1) is 19.6. The molecule has 150 valence electrons. The summed E-state index contributed by atoms with van der Waals surface area (Å²) < 4.78 is 6.89.